The molecule has 0 aromatic heterocycles. The summed E-state index contributed by atoms with van der Waals surface area (Å²) in [7, 11) is 0. The van der Waals surface area contributed by atoms with Crippen molar-refractivity contribution in [3.05, 3.63) is 34.3 Å². The summed E-state index contributed by atoms with van der Waals surface area (Å²) in [6.07, 6.45) is 3.35. The lowest BCUT2D eigenvalue weighted by molar-refractivity contribution is -0.163. The zero-order valence-electron chi connectivity index (χ0n) is 12.0. The van der Waals surface area contributed by atoms with E-state index in [9.17, 15) is 14.7 Å². The number of hydrogen-bond donors (Lipinski definition) is 1. The van der Waals surface area contributed by atoms with E-state index in [-0.39, 0.29) is 12.5 Å². The maximum atomic E-state index is 12.5. The zero-order chi connectivity index (χ0) is 15.5. The molecular formula is C16H19BrO4. The van der Waals surface area contributed by atoms with Crippen molar-refractivity contribution in [2.24, 2.45) is 5.92 Å². The first-order valence-corrected chi connectivity index (χ1v) is 7.96. The third kappa shape index (κ3) is 3.12. The fourth-order valence-electron chi connectivity index (χ4n) is 2.76. The molecule has 5 heteroatoms. The Balaban J connectivity index is 2.48. The third-order valence-corrected chi connectivity index (χ3v) is 4.62. The van der Waals surface area contributed by atoms with Gasteiger partial charge in [0, 0.05) is 4.47 Å². The summed E-state index contributed by atoms with van der Waals surface area (Å²) in [5.74, 6) is -1.53. The lowest BCUT2D eigenvalue weighted by atomic mass is 9.68. The SMILES string of the molecule is CCOC(=O)C(CC1CCC1)(C(=O)O)c1cccc(Br)c1. The molecule has 114 valence electrons. The van der Waals surface area contributed by atoms with E-state index in [2.05, 4.69) is 15.9 Å². The second kappa shape index (κ2) is 6.60. The van der Waals surface area contributed by atoms with Crippen LogP contribution in [0, 0.1) is 5.92 Å². The van der Waals surface area contributed by atoms with Crippen molar-refractivity contribution in [2.45, 2.75) is 38.0 Å². The first-order valence-electron chi connectivity index (χ1n) is 7.17. The Bertz CT molecular complexity index is 539. The minimum Gasteiger partial charge on any atom is -0.480 e. The number of esters is 1. The molecule has 0 aliphatic heterocycles. The van der Waals surface area contributed by atoms with Gasteiger partial charge in [0.05, 0.1) is 6.61 Å². The van der Waals surface area contributed by atoms with E-state index in [0.29, 0.717) is 12.0 Å². The van der Waals surface area contributed by atoms with E-state index in [1.54, 1.807) is 25.1 Å². The van der Waals surface area contributed by atoms with Crippen LogP contribution in [0.4, 0.5) is 0 Å². The highest BCUT2D eigenvalue weighted by atomic mass is 79.9. The summed E-state index contributed by atoms with van der Waals surface area (Å²) in [4.78, 5) is 24.5. The fourth-order valence-corrected chi connectivity index (χ4v) is 3.15. The molecule has 21 heavy (non-hydrogen) atoms. The van der Waals surface area contributed by atoms with Crippen LogP contribution in [0.3, 0.4) is 0 Å². The summed E-state index contributed by atoms with van der Waals surface area (Å²) in [5.41, 5.74) is -1.13. The number of rotatable bonds is 6. The molecule has 4 nitrogen and oxygen atoms in total. The van der Waals surface area contributed by atoms with Crippen molar-refractivity contribution >= 4 is 27.9 Å². The fraction of sp³-hybridized carbons (Fsp3) is 0.500. The van der Waals surface area contributed by atoms with E-state index in [1.807, 2.05) is 6.07 Å². The van der Waals surface area contributed by atoms with Gasteiger partial charge in [0.1, 0.15) is 0 Å². The molecule has 0 heterocycles. The van der Waals surface area contributed by atoms with Crippen molar-refractivity contribution in [1.82, 2.24) is 0 Å². The van der Waals surface area contributed by atoms with Gasteiger partial charge >= 0.3 is 11.9 Å². The quantitative estimate of drug-likeness (QED) is 0.626. The lowest BCUT2D eigenvalue weighted by Gasteiger charge is -2.35. The molecular weight excluding hydrogens is 336 g/mol. The monoisotopic (exact) mass is 354 g/mol. The number of benzene rings is 1. The summed E-state index contributed by atoms with van der Waals surface area (Å²) in [6, 6.07) is 6.94. The van der Waals surface area contributed by atoms with Crippen molar-refractivity contribution in [3.8, 4) is 0 Å². The molecule has 1 fully saturated rings. The maximum Gasteiger partial charge on any atom is 0.328 e. The molecule has 1 unspecified atom stereocenters. The molecule has 0 bridgehead atoms. The Hall–Kier alpha value is -1.36. The number of ether oxygens (including phenoxy) is 1. The Kier molecular flexibility index (Phi) is 5.04. The smallest absolute Gasteiger partial charge is 0.328 e. The normalized spacial score (nSPS) is 17.6. The van der Waals surface area contributed by atoms with Gasteiger partial charge < -0.3 is 9.84 Å². The molecule has 0 radical (unpaired) electrons. The van der Waals surface area contributed by atoms with Gasteiger partial charge in [0.2, 0.25) is 0 Å². The summed E-state index contributed by atoms with van der Waals surface area (Å²) in [5, 5.41) is 9.82. The van der Waals surface area contributed by atoms with Crippen LogP contribution in [0.25, 0.3) is 0 Å². The molecule has 0 amide bonds. The van der Waals surface area contributed by atoms with Gasteiger partial charge in [0.25, 0.3) is 0 Å². The lowest BCUT2D eigenvalue weighted by Crippen LogP contribution is -2.47. The number of hydrogen-bond acceptors (Lipinski definition) is 3. The van der Waals surface area contributed by atoms with Crippen LogP contribution >= 0.6 is 15.9 Å². The van der Waals surface area contributed by atoms with Gasteiger partial charge in [0.15, 0.2) is 5.41 Å². The van der Waals surface area contributed by atoms with Gasteiger partial charge in [-0.3, -0.25) is 9.59 Å². The molecule has 1 aliphatic carbocycles. The zero-order valence-corrected chi connectivity index (χ0v) is 13.6. The van der Waals surface area contributed by atoms with Crippen molar-refractivity contribution in [2.75, 3.05) is 6.61 Å². The number of carboxylic acid groups (broad SMARTS) is 1. The predicted octanol–water partition coefficient (Wildman–Crippen LogP) is 3.52. The van der Waals surface area contributed by atoms with Crippen LogP contribution in [0.15, 0.2) is 28.7 Å². The van der Waals surface area contributed by atoms with Crippen LogP contribution in [-0.2, 0) is 19.7 Å². The number of aliphatic carboxylic acids is 1. The Labute approximate surface area is 132 Å². The highest BCUT2D eigenvalue weighted by molar-refractivity contribution is 9.10. The average Bonchev–Trinajstić information content (AvgIpc) is 2.37. The van der Waals surface area contributed by atoms with Crippen LogP contribution in [0.5, 0.6) is 0 Å². The van der Waals surface area contributed by atoms with Crippen LogP contribution < -0.4 is 0 Å². The molecule has 0 spiro atoms. The predicted molar refractivity (Wildman–Crippen MR) is 82.0 cm³/mol. The summed E-state index contributed by atoms with van der Waals surface area (Å²) < 4.78 is 5.85. The number of halogens is 1. The van der Waals surface area contributed by atoms with Gasteiger partial charge in [-0.15, -0.1) is 0 Å². The van der Waals surface area contributed by atoms with Crippen LogP contribution in [0.1, 0.15) is 38.2 Å². The first kappa shape index (κ1) is 16.0. The van der Waals surface area contributed by atoms with Gasteiger partial charge in [-0.1, -0.05) is 47.3 Å². The van der Waals surface area contributed by atoms with E-state index in [1.165, 1.54) is 0 Å². The number of carboxylic acids is 1. The molecule has 1 atom stereocenters. The first-order chi connectivity index (χ1) is 10.0. The van der Waals surface area contributed by atoms with Gasteiger partial charge in [-0.2, -0.15) is 0 Å². The third-order valence-electron chi connectivity index (χ3n) is 4.13. The largest absolute Gasteiger partial charge is 0.480 e. The Morgan fingerprint density at radius 3 is 2.62 bits per heavy atom. The minimum absolute atomic E-state index is 0.173. The highest BCUT2D eigenvalue weighted by Gasteiger charge is 2.51. The van der Waals surface area contributed by atoms with Gasteiger partial charge in [-0.05, 0) is 37.0 Å². The van der Waals surface area contributed by atoms with Gasteiger partial charge in [-0.25, -0.2) is 0 Å². The standard InChI is InChI=1S/C16H19BrO4/c1-2-21-15(20)16(14(18)19,10-11-5-3-6-11)12-7-4-8-13(17)9-12/h4,7-9,11H,2-3,5-6,10H2,1H3,(H,18,19). The van der Waals surface area contributed by atoms with Crippen LogP contribution in [0.2, 0.25) is 0 Å². The number of carbonyl (C=O) groups excluding carboxylic acids is 1. The highest BCUT2D eigenvalue weighted by Crippen LogP contribution is 2.41. The van der Waals surface area contributed by atoms with E-state index >= 15 is 0 Å². The molecule has 1 aromatic rings. The van der Waals surface area contributed by atoms with Crippen molar-refractivity contribution in [3.63, 3.8) is 0 Å². The summed E-state index contributed by atoms with van der Waals surface area (Å²) in [6.45, 7) is 1.86. The molecule has 1 aromatic carbocycles. The Morgan fingerprint density at radius 2 is 2.14 bits per heavy atom. The Morgan fingerprint density at radius 1 is 1.43 bits per heavy atom. The van der Waals surface area contributed by atoms with E-state index in [4.69, 9.17) is 4.74 Å². The second-order valence-electron chi connectivity index (χ2n) is 5.44. The molecule has 1 N–H and O–H groups in total. The molecule has 1 saturated carbocycles. The molecule has 0 saturated heterocycles. The van der Waals surface area contributed by atoms with Crippen molar-refractivity contribution < 1.29 is 19.4 Å². The maximum absolute atomic E-state index is 12.5. The van der Waals surface area contributed by atoms with Crippen molar-refractivity contribution in [1.29, 1.82) is 0 Å². The average molecular weight is 355 g/mol. The number of carbonyl (C=O) groups is 2. The topological polar surface area (TPSA) is 63.6 Å². The summed E-state index contributed by atoms with van der Waals surface area (Å²) >= 11 is 3.34. The second-order valence-corrected chi connectivity index (χ2v) is 6.36. The minimum atomic E-state index is -1.61. The van der Waals surface area contributed by atoms with Crippen LogP contribution in [-0.4, -0.2) is 23.7 Å². The van der Waals surface area contributed by atoms with E-state index < -0.39 is 17.4 Å². The van der Waals surface area contributed by atoms with E-state index in [0.717, 1.165) is 23.7 Å². The molecule has 1 aliphatic rings. The molecule has 2 rings (SSSR count).